The van der Waals surface area contributed by atoms with Crippen molar-refractivity contribution in [2.75, 3.05) is 0 Å². The molecule has 0 fully saturated rings. The Balaban J connectivity index is 2.18. The first kappa shape index (κ1) is 15.5. The first-order chi connectivity index (χ1) is 12.3. The third-order valence-corrected chi connectivity index (χ3v) is 4.34. The molecule has 0 saturated carbocycles. The summed E-state index contributed by atoms with van der Waals surface area (Å²) < 4.78 is 14.0. The molecule has 0 radical (unpaired) electrons. The van der Waals surface area contributed by atoms with Gasteiger partial charge in [-0.1, -0.05) is 43.3 Å². The van der Waals surface area contributed by atoms with Crippen molar-refractivity contribution in [1.82, 2.24) is 9.97 Å². The molecule has 4 aromatic rings. The summed E-state index contributed by atoms with van der Waals surface area (Å²) in [6.07, 6.45) is 2.55. The summed E-state index contributed by atoms with van der Waals surface area (Å²) in [6, 6.07) is 20.7. The fourth-order valence-electron chi connectivity index (χ4n) is 3.23. The molecule has 0 amide bonds. The Morgan fingerprint density at radius 3 is 2.40 bits per heavy atom. The molecule has 0 aliphatic rings. The van der Waals surface area contributed by atoms with Crippen LogP contribution in [0.1, 0.15) is 12.6 Å². The fourth-order valence-corrected chi connectivity index (χ4v) is 3.23. The molecule has 0 spiro atoms. The standard InChI is InChI=1S/C22H17FN2/c1-2-18-21(15-8-4-3-5-9-15)22(20-10-6-7-13-24-20)17-14-16(23)11-12-19(17)25-18/h3-14H,2H2,1H3. The fraction of sp³-hybridized carbons (Fsp3) is 0.0909. The molecule has 2 aromatic heterocycles. The summed E-state index contributed by atoms with van der Waals surface area (Å²) >= 11 is 0. The van der Waals surface area contributed by atoms with Crippen molar-refractivity contribution in [1.29, 1.82) is 0 Å². The average molecular weight is 328 g/mol. The molecule has 0 saturated heterocycles. The van der Waals surface area contributed by atoms with Gasteiger partial charge in [0.1, 0.15) is 5.82 Å². The second-order valence-electron chi connectivity index (χ2n) is 5.90. The maximum atomic E-state index is 14.0. The van der Waals surface area contributed by atoms with E-state index in [2.05, 4.69) is 24.0 Å². The number of benzene rings is 2. The minimum absolute atomic E-state index is 0.269. The van der Waals surface area contributed by atoms with Crippen LogP contribution >= 0.6 is 0 Å². The van der Waals surface area contributed by atoms with Gasteiger partial charge in [-0.05, 0) is 42.3 Å². The van der Waals surface area contributed by atoms with Crippen molar-refractivity contribution in [3.8, 4) is 22.4 Å². The zero-order chi connectivity index (χ0) is 17.2. The van der Waals surface area contributed by atoms with Crippen molar-refractivity contribution in [2.24, 2.45) is 0 Å². The molecule has 25 heavy (non-hydrogen) atoms. The second kappa shape index (κ2) is 6.44. The molecular formula is C22H17FN2. The number of halogens is 1. The monoisotopic (exact) mass is 328 g/mol. The van der Waals surface area contributed by atoms with Gasteiger partial charge in [0.2, 0.25) is 0 Å². The van der Waals surface area contributed by atoms with Gasteiger partial charge >= 0.3 is 0 Å². The number of nitrogens with zero attached hydrogens (tertiary/aromatic N) is 2. The minimum atomic E-state index is -0.269. The molecule has 2 aromatic carbocycles. The Kier molecular flexibility index (Phi) is 3.98. The Bertz CT molecular complexity index is 1030. The highest BCUT2D eigenvalue weighted by Crippen LogP contribution is 2.39. The van der Waals surface area contributed by atoms with Crippen LogP contribution in [0.25, 0.3) is 33.3 Å². The van der Waals surface area contributed by atoms with Crippen LogP contribution in [0.4, 0.5) is 4.39 Å². The first-order valence-corrected chi connectivity index (χ1v) is 8.37. The lowest BCUT2D eigenvalue weighted by molar-refractivity contribution is 0.629. The third kappa shape index (κ3) is 2.78. The van der Waals surface area contributed by atoms with E-state index in [0.717, 1.165) is 45.4 Å². The van der Waals surface area contributed by atoms with E-state index in [1.54, 1.807) is 18.3 Å². The van der Waals surface area contributed by atoms with Gasteiger partial charge in [0.25, 0.3) is 0 Å². The lowest BCUT2D eigenvalue weighted by atomic mass is 9.91. The van der Waals surface area contributed by atoms with Gasteiger partial charge in [-0.15, -0.1) is 0 Å². The number of hydrogen-bond donors (Lipinski definition) is 0. The van der Waals surface area contributed by atoms with Crippen molar-refractivity contribution < 1.29 is 4.39 Å². The lowest BCUT2D eigenvalue weighted by Gasteiger charge is -2.17. The lowest BCUT2D eigenvalue weighted by Crippen LogP contribution is -1.99. The van der Waals surface area contributed by atoms with Crippen molar-refractivity contribution in [3.63, 3.8) is 0 Å². The maximum absolute atomic E-state index is 14.0. The van der Waals surface area contributed by atoms with Crippen LogP contribution in [0.3, 0.4) is 0 Å². The molecule has 4 rings (SSSR count). The number of aryl methyl sites for hydroxylation is 1. The predicted molar refractivity (Wildman–Crippen MR) is 99.7 cm³/mol. The summed E-state index contributed by atoms with van der Waals surface area (Å²) in [5.41, 5.74) is 5.64. The SMILES string of the molecule is CCc1nc2ccc(F)cc2c(-c2ccccn2)c1-c1ccccc1. The number of rotatable bonds is 3. The van der Waals surface area contributed by atoms with Gasteiger partial charge in [0.15, 0.2) is 0 Å². The second-order valence-corrected chi connectivity index (χ2v) is 5.90. The van der Waals surface area contributed by atoms with E-state index in [4.69, 9.17) is 4.98 Å². The third-order valence-electron chi connectivity index (χ3n) is 4.34. The smallest absolute Gasteiger partial charge is 0.123 e. The normalized spacial score (nSPS) is 11.0. The van der Waals surface area contributed by atoms with Gasteiger partial charge in [0, 0.05) is 28.4 Å². The van der Waals surface area contributed by atoms with Gasteiger partial charge in [0.05, 0.1) is 11.2 Å². The van der Waals surface area contributed by atoms with Crippen LogP contribution in [0.2, 0.25) is 0 Å². The summed E-state index contributed by atoms with van der Waals surface area (Å²) in [7, 11) is 0. The summed E-state index contributed by atoms with van der Waals surface area (Å²) in [5.74, 6) is -0.269. The van der Waals surface area contributed by atoms with E-state index >= 15 is 0 Å². The summed E-state index contributed by atoms with van der Waals surface area (Å²) in [4.78, 5) is 9.34. The molecule has 0 atom stereocenters. The van der Waals surface area contributed by atoms with E-state index in [1.165, 1.54) is 6.07 Å². The largest absolute Gasteiger partial charge is 0.256 e. The number of aromatic nitrogens is 2. The van der Waals surface area contributed by atoms with Gasteiger partial charge < -0.3 is 0 Å². The zero-order valence-corrected chi connectivity index (χ0v) is 13.9. The zero-order valence-electron chi connectivity index (χ0n) is 13.9. The van der Waals surface area contributed by atoms with E-state index in [-0.39, 0.29) is 5.82 Å². The van der Waals surface area contributed by atoms with E-state index in [1.807, 2.05) is 36.4 Å². The van der Waals surface area contributed by atoms with Crippen LogP contribution in [-0.4, -0.2) is 9.97 Å². The topological polar surface area (TPSA) is 25.8 Å². The molecule has 0 aliphatic carbocycles. The van der Waals surface area contributed by atoms with Gasteiger partial charge in [-0.2, -0.15) is 0 Å². The first-order valence-electron chi connectivity index (χ1n) is 8.37. The van der Waals surface area contributed by atoms with Crippen LogP contribution in [0.15, 0.2) is 72.9 Å². The Morgan fingerprint density at radius 1 is 0.880 bits per heavy atom. The molecule has 3 heteroatoms. The van der Waals surface area contributed by atoms with Crippen molar-refractivity contribution in [3.05, 3.63) is 84.4 Å². The average Bonchev–Trinajstić information content (AvgIpc) is 2.68. The van der Waals surface area contributed by atoms with Crippen molar-refractivity contribution in [2.45, 2.75) is 13.3 Å². The Morgan fingerprint density at radius 2 is 1.68 bits per heavy atom. The Labute approximate surface area is 146 Å². The molecular weight excluding hydrogens is 311 g/mol. The molecule has 0 bridgehead atoms. The number of fused-ring (bicyclic) bond motifs is 1. The van der Waals surface area contributed by atoms with Gasteiger partial charge in [-0.3, -0.25) is 9.97 Å². The molecule has 2 heterocycles. The van der Waals surface area contributed by atoms with E-state index in [9.17, 15) is 4.39 Å². The molecule has 2 nitrogen and oxygen atoms in total. The molecule has 0 N–H and O–H groups in total. The summed E-state index contributed by atoms with van der Waals surface area (Å²) in [5, 5.41) is 0.787. The van der Waals surface area contributed by atoms with Gasteiger partial charge in [-0.25, -0.2) is 4.39 Å². The van der Waals surface area contributed by atoms with Crippen molar-refractivity contribution >= 4 is 10.9 Å². The number of hydrogen-bond acceptors (Lipinski definition) is 2. The van der Waals surface area contributed by atoms with E-state index < -0.39 is 0 Å². The molecule has 122 valence electrons. The predicted octanol–water partition coefficient (Wildman–Crippen LogP) is 5.67. The molecule has 0 unspecified atom stereocenters. The highest BCUT2D eigenvalue weighted by Gasteiger charge is 2.18. The van der Waals surface area contributed by atoms with Crippen LogP contribution < -0.4 is 0 Å². The highest BCUT2D eigenvalue weighted by atomic mass is 19.1. The van der Waals surface area contributed by atoms with Crippen LogP contribution in [0.5, 0.6) is 0 Å². The Hall–Kier alpha value is -3.07. The maximum Gasteiger partial charge on any atom is 0.123 e. The van der Waals surface area contributed by atoms with Crippen LogP contribution in [-0.2, 0) is 6.42 Å². The van der Waals surface area contributed by atoms with Crippen LogP contribution in [0, 0.1) is 5.82 Å². The quantitative estimate of drug-likeness (QED) is 0.484. The highest BCUT2D eigenvalue weighted by molar-refractivity contribution is 6.02. The molecule has 0 aliphatic heterocycles. The number of pyridine rings is 2. The van der Waals surface area contributed by atoms with E-state index in [0.29, 0.717) is 0 Å². The minimum Gasteiger partial charge on any atom is -0.256 e. The summed E-state index contributed by atoms with van der Waals surface area (Å²) in [6.45, 7) is 2.09.